The molecule has 0 spiro atoms. The van der Waals surface area contributed by atoms with Crippen molar-refractivity contribution in [1.29, 1.82) is 0 Å². The van der Waals surface area contributed by atoms with Crippen molar-refractivity contribution < 1.29 is 0 Å². The van der Waals surface area contributed by atoms with Crippen LogP contribution in [0.4, 0.5) is 0 Å². The molecule has 80 valence electrons. The number of hydrogen-bond donors (Lipinski definition) is 0. The van der Waals surface area contributed by atoms with Gasteiger partial charge in [0.2, 0.25) is 0 Å². The van der Waals surface area contributed by atoms with Gasteiger partial charge < -0.3 is 0 Å². The van der Waals surface area contributed by atoms with E-state index in [4.69, 9.17) is 11.6 Å². The highest BCUT2D eigenvalue weighted by Gasteiger charge is 2.15. The fourth-order valence-electron chi connectivity index (χ4n) is 1.28. The van der Waals surface area contributed by atoms with Crippen molar-refractivity contribution in [2.75, 3.05) is 0 Å². The number of halogens is 3. The van der Waals surface area contributed by atoms with Gasteiger partial charge in [-0.1, -0.05) is 6.07 Å². The van der Waals surface area contributed by atoms with E-state index >= 15 is 0 Å². The smallest absolute Gasteiger partial charge is 0.0757 e. The summed E-state index contributed by atoms with van der Waals surface area (Å²) in [5, 5.41) is 2.12. The fraction of sp³-hybridized carbons (Fsp3) is 0.200. The lowest BCUT2D eigenvalue weighted by Gasteiger charge is -2.06. The Hall–Kier alpha value is 0.650. The van der Waals surface area contributed by atoms with Crippen LogP contribution in [0.15, 0.2) is 31.2 Å². The first-order valence-electron chi connectivity index (χ1n) is 4.28. The van der Waals surface area contributed by atoms with Crippen LogP contribution in [0.25, 0.3) is 0 Å². The molecule has 0 aromatic carbocycles. The first-order chi connectivity index (χ1) is 7.16. The minimum absolute atomic E-state index is 0.0422. The molecule has 1 atom stereocenters. The minimum Gasteiger partial charge on any atom is -0.149 e. The van der Waals surface area contributed by atoms with Gasteiger partial charge in [-0.15, -0.1) is 34.3 Å². The summed E-state index contributed by atoms with van der Waals surface area (Å²) in [6.07, 6.45) is 0.890. The summed E-state index contributed by atoms with van der Waals surface area (Å²) in [6, 6.07) is 6.26. The van der Waals surface area contributed by atoms with E-state index < -0.39 is 0 Å². The van der Waals surface area contributed by atoms with Gasteiger partial charge in [0, 0.05) is 11.3 Å². The van der Waals surface area contributed by atoms with Crippen LogP contribution in [0.2, 0.25) is 0 Å². The summed E-state index contributed by atoms with van der Waals surface area (Å²) in [5.74, 6) is 0. The average molecular weight is 387 g/mol. The molecule has 15 heavy (non-hydrogen) atoms. The standard InChI is InChI=1S/C10H7Br2ClS2/c11-9-5-7(10(12)15-9)8(13)4-6-2-1-3-14-6/h1-3,5,8H,4H2. The molecule has 0 N–H and O–H groups in total. The normalized spacial score (nSPS) is 13.0. The fourth-order valence-corrected chi connectivity index (χ4v) is 5.63. The Morgan fingerprint density at radius 1 is 1.40 bits per heavy atom. The SMILES string of the molecule is ClC(Cc1cccs1)c1cc(Br)sc1Br. The molecule has 0 aliphatic rings. The van der Waals surface area contributed by atoms with Crippen molar-refractivity contribution >= 4 is 66.1 Å². The van der Waals surface area contributed by atoms with Crippen LogP contribution in [0.5, 0.6) is 0 Å². The zero-order valence-corrected chi connectivity index (χ0v) is 13.1. The van der Waals surface area contributed by atoms with Crippen molar-refractivity contribution in [3.8, 4) is 0 Å². The Bertz CT molecular complexity index is 436. The van der Waals surface area contributed by atoms with Crippen molar-refractivity contribution in [3.63, 3.8) is 0 Å². The summed E-state index contributed by atoms with van der Waals surface area (Å²) in [4.78, 5) is 1.32. The molecule has 0 saturated heterocycles. The van der Waals surface area contributed by atoms with E-state index in [0.29, 0.717) is 0 Å². The quantitative estimate of drug-likeness (QED) is 0.580. The van der Waals surface area contributed by atoms with Gasteiger partial charge in [0.15, 0.2) is 0 Å². The Morgan fingerprint density at radius 2 is 2.20 bits per heavy atom. The van der Waals surface area contributed by atoms with Crippen LogP contribution >= 0.6 is 66.1 Å². The number of rotatable bonds is 3. The van der Waals surface area contributed by atoms with E-state index in [0.717, 1.165) is 14.0 Å². The molecule has 1 unspecified atom stereocenters. The molecule has 0 fully saturated rings. The third-order valence-electron chi connectivity index (χ3n) is 1.98. The topological polar surface area (TPSA) is 0 Å². The Labute approximate surface area is 119 Å². The highest BCUT2D eigenvalue weighted by molar-refractivity contribution is 9.12. The Morgan fingerprint density at radius 3 is 2.73 bits per heavy atom. The summed E-state index contributed by atoms with van der Waals surface area (Å²) < 4.78 is 2.23. The van der Waals surface area contributed by atoms with Crippen molar-refractivity contribution in [2.45, 2.75) is 11.8 Å². The van der Waals surface area contributed by atoms with Crippen molar-refractivity contribution in [1.82, 2.24) is 0 Å². The lowest BCUT2D eigenvalue weighted by molar-refractivity contribution is 0.939. The summed E-state index contributed by atoms with van der Waals surface area (Å²) in [7, 11) is 0. The van der Waals surface area contributed by atoms with E-state index in [1.54, 1.807) is 22.7 Å². The van der Waals surface area contributed by atoms with Crippen LogP contribution in [0.1, 0.15) is 15.8 Å². The number of thiophene rings is 2. The first kappa shape index (κ1) is 12.1. The largest absolute Gasteiger partial charge is 0.149 e. The maximum atomic E-state index is 6.38. The van der Waals surface area contributed by atoms with Crippen LogP contribution in [-0.2, 0) is 6.42 Å². The molecule has 0 nitrogen and oxygen atoms in total. The molecule has 2 aromatic heterocycles. The maximum absolute atomic E-state index is 6.38. The zero-order valence-electron chi connectivity index (χ0n) is 7.54. The van der Waals surface area contributed by atoms with E-state index in [-0.39, 0.29) is 5.38 Å². The molecule has 0 radical (unpaired) electrons. The molecule has 2 heterocycles. The zero-order chi connectivity index (χ0) is 10.8. The maximum Gasteiger partial charge on any atom is 0.0757 e. The predicted molar refractivity (Wildman–Crippen MR) is 76.3 cm³/mol. The van der Waals surface area contributed by atoms with E-state index in [1.807, 2.05) is 0 Å². The molecule has 2 aromatic rings. The van der Waals surface area contributed by atoms with Crippen molar-refractivity contribution in [2.24, 2.45) is 0 Å². The summed E-state index contributed by atoms with van der Waals surface area (Å²) in [6.45, 7) is 0. The highest BCUT2D eigenvalue weighted by atomic mass is 79.9. The van der Waals surface area contributed by atoms with Gasteiger partial charge in [0.25, 0.3) is 0 Å². The average Bonchev–Trinajstić information content (AvgIpc) is 2.75. The van der Waals surface area contributed by atoms with E-state index in [2.05, 4.69) is 55.4 Å². The highest BCUT2D eigenvalue weighted by Crippen LogP contribution is 2.39. The van der Waals surface area contributed by atoms with E-state index in [9.17, 15) is 0 Å². The second-order valence-electron chi connectivity index (χ2n) is 3.03. The number of hydrogen-bond acceptors (Lipinski definition) is 2. The van der Waals surface area contributed by atoms with Gasteiger partial charge in [-0.05, 0) is 54.9 Å². The molecule has 0 aliphatic heterocycles. The monoisotopic (exact) mass is 384 g/mol. The lowest BCUT2D eigenvalue weighted by atomic mass is 10.1. The Balaban J connectivity index is 2.14. The number of alkyl halides is 1. The molecule has 2 rings (SSSR count). The third kappa shape index (κ3) is 3.07. The van der Waals surface area contributed by atoms with Gasteiger partial charge in [0.05, 0.1) is 12.9 Å². The van der Waals surface area contributed by atoms with Gasteiger partial charge >= 0.3 is 0 Å². The van der Waals surface area contributed by atoms with Gasteiger partial charge in [-0.3, -0.25) is 0 Å². The van der Waals surface area contributed by atoms with Crippen LogP contribution < -0.4 is 0 Å². The molecular formula is C10H7Br2ClS2. The second kappa shape index (κ2) is 5.32. The minimum atomic E-state index is 0.0422. The molecule has 0 saturated carbocycles. The van der Waals surface area contributed by atoms with Crippen LogP contribution in [0.3, 0.4) is 0 Å². The molecule has 0 amide bonds. The molecular weight excluding hydrogens is 380 g/mol. The van der Waals surface area contributed by atoms with Crippen LogP contribution in [-0.4, -0.2) is 0 Å². The molecule has 0 bridgehead atoms. The third-order valence-corrected chi connectivity index (χ3v) is 5.65. The Kier molecular flexibility index (Phi) is 4.30. The van der Waals surface area contributed by atoms with Crippen molar-refractivity contribution in [3.05, 3.63) is 41.6 Å². The van der Waals surface area contributed by atoms with Gasteiger partial charge in [0.1, 0.15) is 0 Å². The second-order valence-corrected chi connectivity index (χ2v) is 8.34. The van der Waals surface area contributed by atoms with Crippen LogP contribution in [0, 0.1) is 0 Å². The summed E-state index contributed by atoms with van der Waals surface area (Å²) >= 11 is 16.8. The predicted octanol–water partition coefficient (Wildman–Crippen LogP) is 5.86. The molecule has 0 aliphatic carbocycles. The van der Waals surface area contributed by atoms with Gasteiger partial charge in [-0.25, -0.2) is 0 Å². The lowest BCUT2D eigenvalue weighted by Crippen LogP contribution is -1.92. The van der Waals surface area contributed by atoms with Gasteiger partial charge in [-0.2, -0.15) is 0 Å². The molecule has 5 heteroatoms. The first-order valence-corrected chi connectivity index (χ1v) is 8.00. The summed E-state index contributed by atoms with van der Waals surface area (Å²) in [5.41, 5.74) is 1.17. The van der Waals surface area contributed by atoms with E-state index in [1.165, 1.54) is 10.4 Å².